The van der Waals surface area contributed by atoms with Gasteiger partial charge in [-0.15, -0.1) is 11.3 Å². The Balaban J connectivity index is 1.94. The van der Waals surface area contributed by atoms with Crippen LogP contribution in [0.1, 0.15) is 56.3 Å². The van der Waals surface area contributed by atoms with Crippen molar-refractivity contribution in [3.05, 3.63) is 44.7 Å². The van der Waals surface area contributed by atoms with E-state index in [-0.39, 0.29) is 17.4 Å². The quantitative estimate of drug-likeness (QED) is 0.635. The average Bonchev–Trinajstić information content (AvgIpc) is 2.96. The molecule has 1 atom stereocenters. The SMILES string of the molecule is CC(C)Cn1cc(C(C)(C)C)s/c1=N\C(=O)c1cc(Cl)ccc1OCC1CCO1. The highest BCUT2D eigenvalue weighted by Gasteiger charge is 2.22. The van der Waals surface area contributed by atoms with E-state index in [1.807, 2.05) is 0 Å². The molecule has 7 heteroatoms. The third-order valence-corrected chi connectivity index (χ3v) is 6.29. The van der Waals surface area contributed by atoms with E-state index < -0.39 is 0 Å². The first kappa shape index (κ1) is 22.1. The lowest BCUT2D eigenvalue weighted by atomic mass is 9.95. The van der Waals surface area contributed by atoms with Crippen LogP contribution in [0.5, 0.6) is 5.75 Å². The van der Waals surface area contributed by atoms with Crippen molar-refractivity contribution in [1.82, 2.24) is 4.57 Å². The number of aromatic nitrogens is 1. The maximum Gasteiger partial charge on any atom is 0.283 e. The third-order valence-electron chi connectivity index (χ3n) is 4.61. The highest BCUT2D eigenvalue weighted by molar-refractivity contribution is 7.09. The van der Waals surface area contributed by atoms with E-state index in [4.69, 9.17) is 21.1 Å². The number of benzene rings is 1. The van der Waals surface area contributed by atoms with Crippen molar-refractivity contribution in [3.63, 3.8) is 0 Å². The molecular weight excluding hydrogens is 408 g/mol. The van der Waals surface area contributed by atoms with Crippen LogP contribution in [0.3, 0.4) is 0 Å². The largest absolute Gasteiger partial charge is 0.490 e. The molecule has 29 heavy (non-hydrogen) atoms. The number of nitrogens with zero attached hydrogens (tertiary/aromatic N) is 2. The van der Waals surface area contributed by atoms with E-state index in [1.165, 1.54) is 4.88 Å². The molecule has 1 aliphatic heterocycles. The molecule has 0 spiro atoms. The lowest BCUT2D eigenvalue weighted by molar-refractivity contribution is -0.0721. The van der Waals surface area contributed by atoms with Gasteiger partial charge < -0.3 is 14.0 Å². The highest BCUT2D eigenvalue weighted by Crippen LogP contribution is 2.27. The van der Waals surface area contributed by atoms with Crippen LogP contribution >= 0.6 is 22.9 Å². The fourth-order valence-corrected chi connectivity index (χ4v) is 4.11. The molecule has 1 aliphatic rings. The lowest BCUT2D eigenvalue weighted by Crippen LogP contribution is -2.32. The fourth-order valence-electron chi connectivity index (χ4n) is 2.88. The molecule has 0 N–H and O–H groups in total. The topological polar surface area (TPSA) is 52.8 Å². The summed E-state index contributed by atoms with van der Waals surface area (Å²) in [5, 5.41) is 0.479. The molecule has 1 fully saturated rings. The van der Waals surface area contributed by atoms with Gasteiger partial charge in [-0.25, -0.2) is 0 Å². The van der Waals surface area contributed by atoms with Gasteiger partial charge in [0, 0.05) is 35.7 Å². The van der Waals surface area contributed by atoms with Crippen LogP contribution in [0, 0.1) is 5.92 Å². The maximum absolute atomic E-state index is 13.1. The number of hydrogen-bond acceptors (Lipinski definition) is 4. The number of amides is 1. The van der Waals surface area contributed by atoms with Gasteiger partial charge in [-0.2, -0.15) is 4.99 Å². The molecule has 0 bridgehead atoms. The zero-order valence-electron chi connectivity index (χ0n) is 17.7. The summed E-state index contributed by atoms with van der Waals surface area (Å²) in [6.07, 6.45) is 3.17. The minimum absolute atomic E-state index is 0.00663. The van der Waals surface area contributed by atoms with Crippen LogP contribution in [-0.2, 0) is 16.7 Å². The molecule has 3 rings (SSSR count). The van der Waals surface area contributed by atoms with Gasteiger partial charge in [-0.05, 0) is 29.5 Å². The van der Waals surface area contributed by atoms with Crippen molar-refractivity contribution >= 4 is 28.8 Å². The van der Waals surface area contributed by atoms with Crippen molar-refractivity contribution in [1.29, 1.82) is 0 Å². The minimum atomic E-state index is -0.350. The summed E-state index contributed by atoms with van der Waals surface area (Å²) in [7, 11) is 0. The van der Waals surface area contributed by atoms with Crippen molar-refractivity contribution in [2.45, 2.75) is 59.1 Å². The van der Waals surface area contributed by atoms with Gasteiger partial charge in [0.25, 0.3) is 5.91 Å². The highest BCUT2D eigenvalue weighted by atomic mass is 35.5. The molecule has 1 unspecified atom stereocenters. The first-order valence-electron chi connectivity index (χ1n) is 9.97. The number of carbonyl (C=O) groups is 1. The van der Waals surface area contributed by atoms with Crippen LogP contribution < -0.4 is 9.54 Å². The Hall–Kier alpha value is -1.63. The number of ether oxygens (including phenoxy) is 2. The number of halogens is 1. The number of thiazole rings is 1. The normalized spacial score (nSPS) is 17.5. The Morgan fingerprint density at radius 1 is 1.41 bits per heavy atom. The molecule has 5 nitrogen and oxygen atoms in total. The first-order valence-corrected chi connectivity index (χ1v) is 11.2. The summed E-state index contributed by atoms with van der Waals surface area (Å²) in [4.78, 5) is 19.4. The summed E-state index contributed by atoms with van der Waals surface area (Å²) < 4.78 is 13.3. The Kier molecular flexibility index (Phi) is 6.87. The molecule has 1 amide bonds. The molecule has 0 saturated carbocycles. The number of carbonyl (C=O) groups excluding carboxylic acids is 1. The van der Waals surface area contributed by atoms with Crippen molar-refractivity contribution in [2.75, 3.05) is 13.2 Å². The van der Waals surface area contributed by atoms with E-state index in [2.05, 4.69) is 50.4 Å². The predicted molar refractivity (Wildman–Crippen MR) is 117 cm³/mol. The first-order chi connectivity index (χ1) is 13.6. The summed E-state index contributed by atoms with van der Waals surface area (Å²) in [6, 6.07) is 5.06. The van der Waals surface area contributed by atoms with Crippen LogP contribution in [0.15, 0.2) is 29.4 Å². The second-order valence-electron chi connectivity index (χ2n) is 8.82. The second-order valence-corrected chi connectivity index (χ2v) is 10.3. The molecule has 1 aromatic heterocycles. The van der Waals surface area contributed by atoms with Crippen LogP contribution in [-0.4, -0.2) is 29.8 Å². The molecule has 0 radical (unpaired) electrons. The van der Waals surface area contributed by atoms with E-state index in [0.717, 1.165) is 19.6 Å². The summed E-state index contributed by atoms with van der Waals surface area (Å²) in [6.45, 7) is 12.8. The molecular formula is C22H29ClN2O3S. The summed E-state index contributed by atoms with van der Waals surface area (Å²) in [5.41, 5.74) is 0.367. The fraction of sp³-hybridized carbons (Fsp3) is 0.545. The average molecular weight is 437 g/mol. The smallest absolute Gasteiger partial charge is 0.283 e. The molecule has 158 valence electrons. The van der Waals surface area contributed by atoms with E-state index in [1.54, 1.807) is 29.5 Å². The maximum atomic E-state index is 13.1. The molecule has 1 aromatic carbocycles. The second kappa shape index (κ2) is 9.02. The Bertz CT molecular complexity index is 936. The summed E-state index contributed by atoms with van der Waals surface area (Å²) in [5.74, 6) is 0.581. The van der Waals surface area contributed by atoms with E-state index >= 15 is 0 Å². The van der Waals surface area contributed by atoms with Gasteiger partial charge in [0.1, 0.15) is 12.4 Å². The van der Waals surface area contributed by atoms with Gasteiger partial charge in [0.2, 0.25) is 0 Å². The molecule has 2 aromatic rings. The summed E-state index contributed by atoms with van der Waals surface area (Å²) >= 11 is 7.71. The monoisotopic (exact) mass is 436 g/mol. The lowest BCUT2D eigenvalue weighted by Gasteiger charge is -2.26. The standard InChI is InChI=1S/C22H29ClN2O3S/c1-14(2)11-25-12-19(22(3,4)5)29-21(25)24-20(26)17-10-15(23)6-7-18(17)28-13-16-8-9-27-16/h6-7,10,12,14,16H,8-9,11,13H2,1-5H3/b24-21-. The third kappa shape index (κ3) is 5.71. The van der Waals surface area contributed by atoms with Gasteiger partial charge >= 0.3 is 0 Å². The van der Waals surface area contributed by atoms with E-state index in [0.29, 0.717) is 33.7 Å². The van der Waals surface area contributed by atoms with Gasteiger partial charge in [-0.1, -0.05) is 46.2 Å². The van der Waals surface area contributed by atoms with Gasteiger partial charge in [-0.3, -0.25) is 4.79 Å². The molecule has 1 saturated heterocycles. The van der Waals surface area contributed by atoms with Crippen LogP contribution in [0.4, 0.5) is 0 Å². The Morgan fingerprint density at radius 3 is 2.72 bits per heavy atom. The Morgan fingerprint density at radius 2 is 2.14 bits per heavy atom. The van der Waals surface area contributed by atoms with Crippen LogP contribution in [0.25, 0.3) is 0 Å². The Labute approximate surface area is 181 Å². The minimum Gasteiger partial charge on any atom is -0.490 e. The molecule has 0 aliphatic carbocycles. The zero-order chi connectivity index (χ0) is 21.2. The van der Waals surface area contributed by atoms with Gasteiger partial charge in [0.15, 0.2) is 4.80 Å². The predicted octanol–water partition coefficient (Wildman–Crippen LogP) is 5.07. The van der Waals surface area contributed by atoms with Crippen molar-refractivity contribution < 1.29 is 14.3 Å². The van der Waals surface area contributed by atoms with Crippen LogP contribution in [0.2, 0.25) is 5.02 Å². The zero-order valence-corrected chi connectivity index (χ0v) is 19.3. The number of rotatable bonds is 6. The number of hydrogen-bond donors (Lipinski definition) is 0. The van der Waals surface area contributed by atoms with Gasteiger partial charge in [0.05, 0.1) is 11.7 Å². The molecule has 2 heterocycles. The van der Waals surface area contributed by atoms with E-state index in [9.17, 15) is 4.79 Å². The van der Waals surface area contributed by atoms with Crippen molar-refractivity contribution in [2.24, 2.45) is 10.9 Å². The van der Waals surface area contributed by atoms with Crippen molar-refractivity contribution in [3.8, 4) is 5.75 Å².